The van der Waals surface area contributed by atoms with Crippen LogP contribution in [-0.4, -0.2) is 74.7 Å². The molecule has 1 aromatic rings. The lowest BCUT2D eigenvalue weighted by atomic mass is 10.0. The van der Waals surface area contributed by atoms with Gasteiger partial charge in [-0.25, -0.2) is 4.79 Å². The third-order valence-electron chi connectivity index (χ3n) is 5.68. The summed E-state index contributed by atoms with van der Waals surface area (Å²) in [5, 5.41) is 13.0. The average Bonchev–Trinajstić information content (AvgIpc) is 3.38. The van der Waals surface area contributed by atoms with Crippen molar-refractivity contribution in [2.45, 2.75) is 55.3 Å². The lowest BCUT2D eigenvalue weighted by Crippen LogP contribution is -2.55. The van der Waals surface area contributed by atoms with Crippen molar-refractivity contribution >= 4 is 41.4 Å². The van der Waals surface area contributed by atoms with Gasteiger partial charge >= 0.3 is 11.9 Å². The van der Waals surface area contributed by atoms with Crippen LogP contribution in [0, 0.1) is 0 Å². The number of ether oxygens (including phenoxy) is 1. The molecule has 9 heteroatoms. The summed E-state index contributed by atoms with van der Waals surface area (Å²) < 4.78 is 4.74. The van der Waals surface area contributed by atoms with Gasteiger partial charge in [-0.2, -0.15) is 0 Å². The first-order valence-electron chi connectivity index (χ1n) is 10.7. The van der Waals surface area contributed by atoms with Crippen molar-refractivity contribution < 1.29 is 24.2 Å². The molecule has 31 heavy (non-hydrogen) atoms. The number of esters is 1. The lowest BCUT2D eigenvalue weighted by Gasteiger charge is -2.32. The SMILES string of the molecule is CCOC(=O)[C@H](CCc1ccccc1)NC(C)C(=O)N1CCC2(SCCS2)[C@@H]1C(=O)O. The first-order valence-corrected chi connectivity index (χ1v) is 12.6. The zero-order chi connectivity index (χ0) is 22.4. The third kappa shape index (κ3) is 5.56. The Kier molecular flexibility index (Phi) is 8.30. The highest BCUT2D eigenvalue weighted by molar-refractivity contribution is 8.21. The molecule has 0 aliphatic carbocycles. The Balaban J connectivity index is 1.68. The third-order valence-corrected chi connectivity index (χ3v) is 9.29. The number of hydrogen-bond acceptors (Lipinski definition) is 7. The van der Waals surface area contributed by atoms with Crippen LogP contribution in [0.4, 0.5) is 0 Å². The minimum Gasteiger partial charge on any atom is -0.480 e. The van der Waals surface area contributed by atoms with Crippen molar-refractivity contribution in [2.75, 3.05) is 24.7 Å². The molecular formula is C22H30N2O5S2. The van der Waals surface area contributed by atoms with Crippen LogP contribution < -0.4 is 5.32 Å². The molecule has 0 aromatic heterocycles. The normalized spacial score (nSPS) is 21.7. The first kappa shape index (κ1) is 23.9. The minimum absolute atomic E-state index is 0.259. The molecule has 2 heterocycles. The van der Waals surface area contributed by atoms with Crippen molar-refractivity contribution in [3.63, 3.8) is 0 Å². The molecule has 7 nitrogen and oxygen atoms in total. The van der Waals surface area contributed by atoms with Gasteiger partial charge in [0.2, 0.25) is 5.91 Å². The molecule has 3 atom stereocenters. The number of amides is 1. The number of hydrogen-bond donors (Lipinski definition) is 2. The fourth-order valence-corrected chi connectivity index (χ4v) is 7.63. The van der Waals surface area contributed by atoms with Crippen LogP contribution in [-0.2, 0) is 25.5 Å². The molecule has 0 bridgehead atoms. The molecule has 2 saturated heterocycles. The van der Waals surface area contributed by atoms with Crippen LogP contribution in [0.3, 0.4) is 0 Å². The standard InChI is InChI=1S/C22H30N2O5S2/c1-3-29-21(28)17(10-9-16-7-5-4-6-8-16)23-15(2)19(25)24-12-11-22(18(24)20(26)27)30-13-14-31-22/h4-8,15,17-18,23H,3,9-14H2,1-2H3,(H,26,27)/t15?,17-,18-/m0/s1. The zero-order valence-corrected chi connectivity index (χ0v) is 19.5. The van der Waals surface area contributed by atoms with Gasteiger partial charge in [0.25, 0.3) is 0 Å². The molecule has 2 aliphatic rings. The van der Waals surface area contributed by atoms with Crippen molar-refractivity contribution in [3.8, 4) is 0 Å². The van der Waals surface area contributed by atoms with E-state index in [1.807, 2.05) is 30.3 Å². The highest BCUT2D eigenvalue weighted by atomic mass is 32.2. The van der Waals surface area contributed by atoms with E-state index in [1.54, 1.807) is 37.4 Å². The fourth-order valence-electron chi connectivity index (χ4n) is 4.20. The molecule has 3 rings (SSSR count). The van der Waals surface area contributed by atoms with E-state index in [2.05, 4.69) is 5.32 Å². The Labute approximate surface area is 191 Å². The molecule has 0 saturated carbocycles. The summed E-state index contributed by atoms with van der Waals surface area (Å²) in [6.07, 6.45) is 1.81. The van der Waals surface area contributed by atoms with E-state index in [1.165, 1.54) is 4.90 Å². The van der Waals surface area contributed by atoms with E-state index in [0.717, 1.165) is 17.1 Å². The Hall–Kier alpha value is -1.71. The number of thioether (sulfide) groups is 2. The van der Waals surface area contributed by atoms with Gasteiger partial charge in [-0.15, -0.1) is 23.5 Å². The number of carboxylic acids is 1. The molecule has 1 amide bonds. The summed E-state index contributed by atoms with van der Waals surface area (Å²) in [4.78, 5) is 39.3. The lowest BCUT2D eigenvalue weighted by molar-refractivity contribution is -0.150. The summed E-state index contributed by atoms with van der Waals surface area (Å²) >= 11 is 3.29. The van der Waals surface area contributed by atoms with E-state index in [0.29, 0.717) is 25.8 Å². The molecule has 0 radical (unpaired) electrons. The van der Waals surface area contributed by atoms with Gasteiger partial charge in [0.1, 0.15) is 6.04 Å². The van der Waals surface area contributed by atoms with Crippen LogP contribution in [0.15, 0.2) is 30.3 Å². The average molecular weight is 467 g/mol. The molecule has 170 valence electrons. The summed E-state index contributed by atoms with van der Waals surface area (Å²) in [6, 6.07) is 7.63. The number of carbonyl (C=O) groups excluding carboxylic acids is 2. The van der Waals surface area contributed by atoms with Gasteiger partial charge in [0, 0.05) is 18.1 Å². The van der Waals surface area contributed by atoms with E-state index in [4.69, 9.17) is 4.74 Å². The maximum Gasteiger partial charge on any atom is 0.328 e. The Bertz CT molecular complexity index is 785. The van der Waals surface area contributed by atoms with Gasteiger partial charge in [-0.05, 0) is 38.7 Å². The van der Waals surface area contributed by atoms with E-state index in [9.17, 15) is 19.5 Å². The minimum atomic E-state index is -0.967. The predicted octanol–water partition coefficient (Wildman–Crippen LogP) is 2.39. The predicted molar refractivity (Wildman–Crippen MR) is 123 cm³/mol. The number of benzene rings is 1. The number of carboxylic acid groups (broad SMARTS) is 1. The second-order valence-corrected chi connectivity index (χ2v) is 10.9. The van der Waals surface area contributed by atoms with E-state index >= 15 is 0 Å². The van der Waals surface area contributed by atoms with Crippen molar-refractivity contribution in [2.24, 2.45) is 0 Å². The summed E-state index contributed by atoms with van der Waals surface area (Å²) in [5.41, 5.74) is 1.10. The van der Waals surface area contributed by atoms with Crippen LogP contribution in [0.2, 0.25) is 0 Å². The molecule has 1 aromatic carbocycles. The van der Waals surface area contributed by atoms with Crippen molar-refractivity contribution in [1.82, 2.24) is 10.2 Å². The van der Waals surface area contributed by atoms with Gasteiger partial charge in [-0.3, -0.25) is 14.9 Å². The molecule has 2 fully saturated rings. The second-order valence-electron chi connectivity index (χ2n) is 7.75. The number of likely N-dealkylation sites (tertiary alicyclic amines) is 1. The number of aliphatic carboxylic acids is 1. The van der Waals surface area contributed by atoms with Crippen LogP contribution in [0.5, 0.6) is 0 Å². The van der Waals surface area contributed by atoms with Crippen molar-refractivity contribution in [3.05, 3.63) is 35.9 Å². The van der Waals surface area contributed by atoms with Crippen LogP contribution in [0.1, 0.15) is 32.3 Å². The molecular weight excluding hydrogens is 436 g/mol. The number of nitrogens with one attached hydrogen (secondary N) is 1. The topological polar surface area (TPSA) is 95.9 Å². The van der Waals surface area contributed by atoms with Gasteiger partial charge in [0.15, 0.2) is 6.04 Å². The Morgan fingerprint density at radius 3 is 2.55 bits per heavy atom. The maximum atomic E-state index is 13.2. The fraction of sp³-hybridized carbons (Fsp3) is 0.591. The number of nitrogens with zero attached hydrogens (tertiary/aromatic N) is 1. The van der Waals surface area contributed by atoms with E-state index < -0.39 is 34.1 Å². The maximum absolute atomic E-state index is 13.2. The van der Waals surface area contributed by atoms with Crippen LogP contribution >= 0.6 is 23.5 Å². The molecule has 2 aliphatic heterocycles. The van der Waals surface area contributed by atoms with E-state index in [-0.39, 0.29) is 12.5 Å². The highest BCUT2D eigenvalue weighted by Gasteiger charge is 2.56. The van der Waals surface area contributed by atoms with Gasteiger partial charge in [0.05, 0.1) is 16.7 Å². The number of aryl methyl sites for hydroxylation is 1. The van der Waals surface area contributed by atoms with Gasteiger partial charge < -0.3 is 14.7 Å². The second kappa shape index (κ2) is 10.7. The zero-order valence-electron chi connectivity index (χ0n) is 17.9. The number of carbonyl (C=O) groups is 3. The summed E-state index contributed by atoms with van der Waals surface area (Å²) in [6.45, 7) is 4.11. The highest BCUT2D eigenvalue weighted by Crippen LogP contribution is 2.53. The summed E-state index contributed by atoms with van der Waals surface area (Å²) in [7, 11) is 0. The molecule has 1 spiro atoms. The molecule has 2 N–H and O–H groups in total. The van der Waals surface area contributed by atoms with Crippen LogP contribution in [0.25, 0.3) is 0 Å². The number of rotatable bonds is 9. The van der Waals surface area contributed by atoms with Crippen molar-refractivity contribution in [1.29, 1.82) is 0 Å². The summed E-state index contributed by atoms with van der Waals surface area (Å²) in [5.74, 6) is 0.147. The smallest absolute Gasteiger partial charge is 0.328 e. The van der Waals surface area contributed by atoms with Gasteiger partial charge in [-0.1, -0.05) is 30.3 Å². The first-order chi connectivity index (χ1) is 14.9. The Morgan fingerprint density at radius 1 is 1.26 bits per heavy atom. The monoisotopic (exact) mass is 466 g/mol. The quantitative estimate of drug-likeness (QED) is 0.536. The Morgan fingerprint density at radius 2 is 1.94 bits per heavy atom. The largest absolute Gasteiger partial charge is 0.480 e. The molecule has 1 unspecified atom stereocenters.